The number of nitrogens with one attached hydrogen (secondary N) is 1. The lowest BCUT2D eigenvalue weighted by Gasteiger charge is -2.28. The molecule has 0 spiro atoms. The average molecular weight is 401 g/mol. The number of hydrogen-bond donors (Lipinski definition) is 1. The normalized spacial score (nSPS) is 14.7. The van der Waals surface area contributed by atoms with Gasteiger partial charge in [0.2, 0.25) is 0 Å². The van der Waals surface area contributed by atoms with E-state index in [1.165, 1.54) is 0 Å². The van der Waals surface area contributed by atoms with Gasteiger partial charge in [-0.15, -0.1) is 0 Å². The number of benzene rings is 1. The largest absolute Gasteiger partial charge is 0.492 e. The Balaban J connectivity index is 1.96. The summed E-state index contributed by atoms with van der Waals surface area (Å²) < 4.78 is 11.7. The predicted octanol–water partition coefficient (Wildman–Crippen LogP) is 2.83. The van der Waals surface area contributed by atoms with Crippen LogP contribution in [0.1, 0.15) is 24.2 Å². The fourth-order valence-corrected chi connectivity index (χ4v) is 2.80. The molecular formula is C16H21BrN2O3S. The van der Waals surface area contributed by atoms with Crippen molar-refractivity contribution in [3.63, 3.8) is 0 Å². The van der Waals surface area contributed by atoms with Crippen LogP contribution in [-0.2, 0) is 4.74 Å². The van der Waals surface area contributed by atoms with E-state index in [2.05, 4.69) is 35.1 Å². The second kappa shape index (κ2) is 8.61. The van der Waals surface area contributed by atoms with Crippen molar-refractivity contribution in [2.45, 2.75) is 13.8 Å². The van der Waals surface area contributed by atoms with E-state index in [-0.39, 0.29) is 5.91 Å². The van der Waals surface area contributed by atoms with Gasteiger partial charge in [-0.25, -0.2) is 0 Å². The van der Waals surface area contributed by atoms with Crippen LogP contribution in [-0.4, -0.2) is 48.8 Å². The molecule has 0 radical (unpaired) electrons. The Morgan fingerprint density at radius 3 is 2.74 bits per heavy atom. The molecule has 0 aliphatic carbocycles. The highest BCUT2D eigenvalue weighted by Gasteiger charge is 2.17. The minimum Gasteiger partial charge on any atom is -0.492 e. The summed E-state index contributed by atoms with van der Waals surface area (Å²) in [5.41, 5.74) is 0.532. The highest BCUT2D eigenvalue weighted by Crippen LogP contribution is 2.26. The number of ether oxygens (including phenoxy) is 2. The number of nitrogens with zero attached hydrogens (tertiary/aromatic N) is 1. The molecule has 5 nitrogen and oxygen atoms in total. The maximum atomic E-state index is 12.3. The molecule has 0 atom stereocenters. The van der Waals surface area contributed by atoms with E-state index in [9.17, 15) is 4.79 Å². The number of morpholine rings is 1. The van der Waals surface area contributed by atoms with E-state index >= 15 is 0 Å². The molecule has 2 rings (SSSR count). The predicted molar refractivity (Wildman–Crippen MR) is 96.9 cm³/mol. The zero-order chi connectivity index (χ0) is 16.8. The molecule has 7 heteroatoms. The van der Waals surface area contributed by atoms with Crippen molar-refractivity contribution in [3.05, 3.63) is 28.2 Å². The molecule has 1 aliphatic rings. The van der Waals surface area contributed by atoms with Gasteiger partial charge in [-0.05, 0) is 52.3 Å². The fourth-order valence-electron chi connectivity index (χ4n) is 2.03. The van der Waals surface area contributed by atoms with Gasteiger partial charge in [-0.2, -0.15) is 0 Å². The van der Waals surface area contributed by atoms with Crippen molar-refractivity contribution in [2.75, 3.05) is 32.9 Å². The van der Waals surface area contributed by atoms with E-state index < -0.39 is 0 Å². The van der Waals surface area contributed by atoms with Gasteiger partial charge in [-0.3, -0.25) is 10.1 Å². The Morgan fingerprint density at radius 2 is 2.13 bits per heavy atom. The molecule has 1 aromatic rings. The van der Waals surface area contributed by atoms with Crippen molar-refractivity contribution >= 4 is 39.2 Å². The van der Waals surface area contributed by atoms with Gasteiger partial charge in [0.05, 0.1) is 24.3 Å². The lowest BCUT2D eigenvalue weighted by molar-refractivity contribution is 0.0669. The Labute approximate surface area is 150 Å². The number of halogens is 1. The fraction of sp³-hybridized carbons (Fsp3) is 0.500. The van der Waals surface area contributed by atoms with Gasteiger partial charge in [0.25, 0.3) is 5.91 Å². The smallest absolute Gasteiger partial charge is 0.257 e. The monoisotopic (exact) mass is 400 g/mol. The van der Waals surface area contributed by atoms with Crippen molar-refractivity contribution in [1.82, 2.24) is 10.2 Å². The van der Waals surface area contributed by atoms with Crippen molar-refractivity contribution in [2.24, 2.45) is 5.92 Å². The van der Waals surface area contributed by atoms with Crippen molar-refractivity contribution in [1.29, 1.82) is 0 Å². The summed E-state index contributed by atoms with van der Waals surface area (Å²) in [7, 11) is 0. The third-order valence-electron chi connectivity index (χ3n) is 3.28. The van der Waals surface area contributed by atoms with Crippen LogP contribution < -0.4 is 10.1 Å². The Morgan fingerprint density at radius 1 is 1.43 bits per heavy atom. The van der Waals surface area contributed by atoms with Crippen LogP contribution >= 0.6 is 28.1 Å². The molecule has 1 aromatic carbocycles. The third kappa shape index (κ3) is 5.44. The van der Waals surface area contributed by atoms with Gasteiger partial charge in [-0.1, -0.05) is 13.8 Å². The summed E-state index contributed by atoms with van der Waals surface area (Å²) in [5, 5.41) is 3.20. The average Bonchev–Trinajstić information content (AvgIpc) is 2.54. The number of thiocarbonyl (C=S) groups is 1. The Hall–Kier alpha value is -1.18. The minimum atomic E-state index is -0.224. The summed E-state index contributed by atoms with van der Waals surface area (Å²) >= 11 is 8.72. The topological polar surface area (TPSA) is 50.8 Å². The first kappa shape index (κ1) is 18.2. The first-order valence-electron chi connectivity index (χ1n) is 7.57. The zero-order valence-electron chi connectivity index (χ0n) is 13.3. The Kier molecular flexibility index (Phi) is 6.80. The van der Waals surface area contributed by atoms with Crippen LogP contribution in [0.2, 0.25) is 0 Å². The summed E-state index contributed by atoms with van der Waals surface area (Å²) in [6.07, 6.45) is 0. The van der Waals surface area contributed by atoms with Crippen LogP contribution in [0.4, 0.5) is 0 Å². The molecule has 23 heavy (non-hydrogen) atoms. The second-order valence-electron chi connectivity index (χ2n) is 5.71. The summed E-state index contributed by atoms with van der Waals surface area (Å²) in [5.74, 6) is 0.944. The van der Waals surface area contributed by atoms with Crippen molar-refractivity contribution in [3.8, 4) is 5.75 Å². The molecule has 1 N–H and O–H groups in total. The molecule has 0 aromatic heterocycles. The lowest BCUT2D eigenvalue weighted by atomic mass is 10.2. The van der Waals surface area contributed by atoms with E-state index in [1.807, 2.05) is 4.90 Å². The van der Waals surface area contributed by atoms with Crippen LogP contribution in [0.15, 0.2) is 22.7 Å². The molecule has 0 unspecified atom stereocenters. The highest BCUT2D eigenvalue weighted by molar-refractivity contribution is 9.10. The van der Waals surface area contributed by atoms with Crippen LogP contribution in [0, 0.1) is 5.92 Å². The molecule has 0 bridgehead atoms. The van der Waals surface area contributed by atoms with Gasteiger partial charge in [0.1, 0.15) is 5.75 Å². The van der Waals surface area contributed by atoms with Gasteiger partial charge in [0, 0.05) is 18.7 Å². The molecule has 1 amide bonds. The number of rotatable bonds is 4. The summed E-state index contributed by atoms with van der Waals surface area (Å²) in [4.78, 5) is 14.2. The zero-order valence-corrected chi connectivity index (χ0v) is 15.7. The van der Waals surface area contributed by atoms with Crippen LogP contribution in [0.5, 0.6) is 5.75 Å². The molecule has 0 saturated carbocycles. The number of carbonyl (C=O) groups excluding carboxylic acids is 1. The molecular weight excluding hydrogens is 380 g/mol. The minimum absolute atomic E-state index is 0.224. The van der Waals surface area contributed by atoms with Crippen LogP contribution in [0.25, 0.3) is 0 Å². The molecule has 1 saturated heterocycles. The summed E-state index contributed by atoms with van der Waals surface area (Å²) in [6.45, 7) is 7.46. The maximum Gasteiger partial charge on any atom is 0.257 e. The Bertz CT molecular complexity index is 574. The quantitative estimate of drug-likeness (QED) is 0.787. The SMILES string of the molecule is CC(C)COc1ccc(C(=O)NC(=S)N2CCOCC2)cc1Br. The standard InChI is InChI=1S/C16H21BrN2O3S/c1-11(2)10-22-14-4-3-12(9-13(14)17)15(20)18-16(23)19-5-7-21-8-6-19/h3-4,9,11H,5-8,10H2,1-2H3,(H,18,20,23). The maximum absolute atomic E-state index is 12.3. The van der Waals surface area contributed by atoms with Gasteiger partial charge < -0.3 is 14.4 Å². The number of carbonyl (C=O) groups is 1. The first-order chi connectivity index (χ1) is 11.0. The lowest BCUT2D eigenvalue weighted by Crippen LogP contribution is -2.47. The highest BCUT2D eigenvalue weighted by atomic mass is 79.9. The molecule has 1 heterocycles. The third-order valence-corrected chi connectivity index (χ3v) is 4.26. The van der Waals surface area contributed by atoms with Crippen molar-refractivity contribution < 1.29 is 14.3 Å². The second-order valence-corrected chi connectivity index (χ2v) is 6.95. The van der Waals surface area contributed by atoms with E-state index in [0.717, 1.165) is 10.2 Å². The van der Waals surface area contributed by atoms with Gasteiger partial charge in [0.15, 0.2) is 5.11 Å². The number of hydrogen-bond acceptors (Lipinski definition) is 4. The first-order valence-corrected chi connectivity index (χ1v) is 8.78. The van der Waals surface area contributed by atoms with E-state index in [4.69, 9.17) is 21.7 Å². The molecule has 126 valence electrons. The van der Waals surface area contributed by atoms with E-state index in [0.29, 0.717) is 49.5 Å². The van der Waals surface area contributed by atoms with Gasteiger partial charge >= 0.3 is 0 Å². The number of amides is 1. The van der Waals surface area contributed by atoms with Crippen LogP contribution in [0.3, 0.4) is 0 Å². The molecule has 1 aliphatic heterocycles. The molecule has 1 fully saturated rings. The van der Waals surface area contributed by atoms with E-state index in [1.54, 1.807) is 18.2 Å². The summed E-state index contributed by atoms with van der Waals surface area (Å²) in [6, 6.07) is 5.27.